The highest BCUT2D eigenvalue weighted by Gasteiger charge is 2.38. The van der Waals surface area contributed by atoms with Gasteiger partial charge in [-0.05, 0) is 0 Å². The van der Waals surface area contributed by atoms with E-state index in [4.69, 9.17) is 35.0 Å². The Labute approximate surface area is 226 Å². The molecule has 228 valence electrons. The molecular weight excluding hydrogens is 552 g/mol. The van der Waals surface area contributed by atoms with Crippen LogP contribution in [0.4, 0.5) is 0 Å². The van der Waals surface area contributed by atoms with E-state index in [-0.39, 0.29) is 32.5 Å². The van der Waals surface area contributed by atoms with Crippen LogP contribution in [0.5, 0.6) is 0 Å². The van der Waals surface area contributed by atoms with Gasteiger partial charge in [0.25, 0.3) is 0 Å². The summed E-state index contributed by atoms with van der Waals surface area (Å²) in [6.45, 7) is -5.16. The summed E-state index contributed by atoms with van der Waals surface area (Å²) in [5.41, 5.74) is 0. The Kier molecular flexibility index (Phi) is 17.7. The summed E-state index contributed by atoms with van der Waals surface area (Å²) >= 11 is 0. The summed E-state index contributed by atoms with van der Waals surface area (Å²) in [7, 11) is 0. The highest BCUT2D eigenvalue weighted by Crippen LogP contribution is 2.10. The van der Waals surface area contributed by atoms with Crippen molar-refractivity contribution in [2.45, 2.75) is 0 Å². The number of esters is 2. The zero-order valence-electron chi connectivity index (χ0n) is 21.3. The van der Waals surface area contributed by atoms with Crippen LogP contribution >= 0.6 is 0 Å². The third-order valence-electron chi connectivity index (χ3n) is 4.64. The van der Waals surface area contributed by atoms with Gasteiger partial charge in [-0.2, -0.15) is 0 Å². The zero-order chi connectivity index (χ0) is 30.2. The highest BCUT2D eigenvalue weighted by atomic mass is 16.6. The largest absolute Gasteiger partial charge is 0.544 e. The lowest BCUT2D eigenvalue weighted by Gasteiger charge is -2.34. The van der Waals surface area contributed by atoms with Gasteiger partial charge in [0.2, 0.25) is 0 Å². The Morgan fingerprint density at radius 1 is 0.650 bits per heavy atom. The fourth-order valence-electron chi connectivity index (χ4n) is 3.32. The summed E-state index contributed by atoms with van der Waals surface area (Å²) in [6.07, 6.45) is 0. The number of carbonyl (C=O) groups excluding carboxylic acids is 3. The third kappa shape index (κ3) is 18.8. The minimum Gasteiger partial charge on any atom is -0.544 e. The van der Waals surface area contributed by atoms with Gasteiger partial charge in [-0.1, -0.05) is 0 Å². The van der Waals surface area contributed by atoms with Crippen molar-refractivity contribution in [3.63, 3.8) is 0 Å². The Morgan fingerprint density at radius 2 is 0.975 bits per heavy atom. The van der Waals surface area contributed by atoms with E-state index < -0.39 is 105 Å². The molecule has 20 heteroatoms. The second-order valence-electron chi connectivity index (χ2n) is 8.18. The topological polar surface area (TPSA) is 321 Å². The van der Waals surface area contributed by atoms with Crippen LogP contribution in [-0.2, 0) is 47.8 Å². The third-order valence-corrected chi connectivity index (χ3v) is 4.64. The predicted octanol–water partition coefficient (Wildman–Crippen LogP) is -5.17. The first-order chi connectivity index (χ1) is 18.0. The maximum Gasteiger partial charge on any atom is 0.361 e. The maximum absolute atomic E-state index is 11.5. The van der Waals surface area contributed by atoms with E-state index in [0.29, 0.717) is 0 Å². The summed E-state index contributed by atoms with van der Waals surface area (Å²) in [4.78, 5) is 88.8. The van der Waals surface area contributed by atoms with Crippen LogP contribution in [0, 0.1) is 0 Å². The van der Waals surface area contributed by atoms with Crippen molar-refractivity contribution >= 4 is 47.8 Å². The summed E-state index contributed by atoms with van der Waals surface area (Å²) < 4.78 is 8.56. The SMILES string of the molecule is N.O=C(O)CN(CCN(CC(=O)O)CC(=O)O)CC(=O)O.O=C([O-])C[N+]1(CC(=O)O)CC(=O)OCCOC(=O)C1. The number of rotatable bonds is 15. The van der Waals surface area contributed by atoms with Crippen LogP contribution in [0.2, 0.25) is 0 Å². The molecule has 1 saturated heterocycles. The quantitative estimate of drug-likeness (QED) is 0.0773. The zero-order valence-corrected chi connectivity index (χ0v) is 21.3. The molecule has 1 heterocycles. The van der Waals surface area contributed by atoms with Gasteiger partial charge in [0, 0.05) is 13.1 Å². The standard InChI is InChI=1S/C10H16N2O8.C10H13NO8.H3N/c13-7(14)3-11(4-8(15)16)1-2-12(5-9(17)18)6-10(19)20;12-7(13)3-11(4-8(14)15)5-9(16)18-1-2-19-10(17)6-11;/h1-6H2,(H,13,14)(H,15,16)(H,17,18)(H,19,20);1-6H2,(H-,12,13,14,15);1H3. The van der Waals surface area contributed by atoms with Crippen LogP contribution in [0.1, 0.15) is 0 Å². The van der Waals surface area contributed by atoms with Gasteiger partial charge in [0.15, 0.2) is 19.6 Å². The van der Waals surface area contributed by atoms with E-state index >= 15 is 0 Å². The molecule has 20 nitrogen and oxygen atoms in total. The van der Waals surface area contributed by atoms with Crippen molar-refractivity contribution in [3.05, 3.63) is 0 Å². The molecule has 1 aliphatic rings. The van der Waals surface area contributed by atoms with Crippen LogP contribution in [0.25, 0.3) is 0 Å². The molecule has 0 unspecified atom stereocenters. The van der Waals surface area contributed by atoms with Crippen LogP contribution in [0.3, 0.4) is 0 Å². The number of carboxylic acid groups (broad SMARTS) is 6. The molecule has 0 aromatic carbocycles. The molecule has 0 aliphatic carbocycles. The average molecular weight is 584 g/mol. The fourth-order valence-corrected chi connectivity index (χ4v) is 3.32. The van der Waals surface area contributed by atoms with Crippen molar-refractivity contribution in [1.82, 2.24) is 16.0 Å². The molecule has 1 rings (SSSR count). The van der Waals surface area contributed by atoms with Crippen molar-refractivity contribution < 1.29 is 83.0 Å². The minimum atomic E-state index is -1.57. The second-order valence-corrected chi connectivity index (χ2v) is 8.18. The molecule has 1 aliphatic heterocycles. The first-order valence-electron chi connectivity index (χ1n) is 10.9. The average Bonchev–Trinajstić information content (AvgIpc) is 2.78. The minimum absolute atomic E-state index is 0. The maximum atomic E-state index is 11.5. The molecule has 0 amide bonds. The number of quaternary nitrogens is 1. The van der Waals surface area contributed by atoms with E-state index in [9.17, 15) is 43.5 Å². The molecule has 0 atom stereocenters. The van der Waals surface area contributed by atoms with Gasteiger partial charge in [0.1, 0.15) is 19.8 Å². The normalized spacial score (nSPS) is 14.6. The van der Waals surface area contributed by atoms with Crippen molar-refractivity contribution in [2.75, 3.05) is 78.7 Å². The summed E-state index contributed by atoms with van der Waals surface area (Å²) in [5, 5.41) is 54.0. The van der Waals surface area contributed by atoms with Gasteiger partial charge in [-0.15, -0.1) is 0 Å². The Balaban J connectivity index is 0. The molecule has 0 aromatic rings. The Bertz CT molecular complexity index is 833. The van der Waals surface area contributed by atoms with Crippen molar-refractivity contribution in [2.24, 2.45) is 0 Å². The van der Waals surface area contributed by atoms with E-state index in [1.54, 1.807) is 0 Å². The molecule has 0 saturated carbocycles. The van der Waals surface area contributed by atoms with Crippen molar-refractivity contribution in [3.8, 4) is 0 Å². The number of cyclic esters (lactones) is 2. The number of carbonyl (C=O) groups is 8. The van der Waals surface area contributed by atoms with Gasteiger partial charge in [0.05, 0.1) is 32.1 Å². The lowest BCUT2D eigenvalue weighted by Crippen LogP contribution is -2.60. The fraction of sp³-hybridized carbons (Fsp3) is 0.600. The Morgan fingerprint density at radius 3 is 1.23 bits per heavy atom. The molecule has 8 N–H and O–H groups in total. The lowest BCUT2D eigenvalue weighted by atomic mass is 10.3. The van der Waals surface area contributed by atoms with Crippen molar-refractivity contribution in [1.29, 1.82) is 0 Å². The summed E-state index contributed by atoms with van der Waals surface area (Å²) in [6, 6.07) is 0. The Hall–Kier alpha value is -4.40. The molecule has 0 spiro atoms. The first kappa shape index (κ1) is 37.8. The molecule has 0 radical (unpaired) electrons. The molecule has 1 fully saturated rings. The summed E-state index contributed by atoms with van der Waals surface area (Å²) in [5.74, 6) is -9.41. The number of hydrogen-bond acceptors (Lipinski definition) is 14. The highest BCUT2D eigenvalue weighted by molar-refractivity contribution is 5.77. The van der Waals surface area contributed by atoms with Crippen LogP contribution in [-0.4, -0.2) is 166 Å². The van der Waals surface area contributed by atoms with E-state index in [1.807, 2.05) is 0 Å². The number of nitrogens with zero attached hydrogens (tertiary/aromatic N) is 3. The molecule has 0 bridgehead atoms. The van der Waals surface area contributed by atoms with Gasteiger partial charge < -0.3 is 51.1 Å². The number of carboxylic acids is 6. The number of hydrogen-bond donors (Lipinski definition) is 6. The lowest BCUT2D eigenvalue weighted by molar-refractivity contribution is -0.902. The number of ether oxygens (including phenoxy) is 2. The first-order valence-corrected chi connectivity index (χ1v) is 10.9. The molecular formula is C20H32N4O16. The van der Waals surface area contributed by atoms with E-state index in [2.05, 4.69) is 0 Å². The van der Waals surface area contributed by atoms with E-state index in [1.165, 1.54) is 0 Å². The van der Waals surface area contributed by atoms with Gasteiger partial charge >= 0.3 is 41.8 Å². The van der Waals surface area contributed by atoms with Gasteiger partial charge in [-0.3, -0.25) is 33.5 Å². The van der Waals surface area contributed by atoms with Gasteiger partial charge in [-0.25, -0.2) is 14.4 Å². The second kappa shape index (κ2) is 18.8. The van der Waals surface area contributed by atoms with Crippen LogP contribution < -0.4 is 11.3 Å². The monoisotopic (exact) mass is 584 g/mol. The molecule has 0 aromatic heterocycles. The van der Waals surface area contributed by atoms with E-state index in [0.717, 1.165) is 9.80 Å². The molecule has 40 heavy (non-hydrogen) atoms. The predicted molar refractivity (Wildman–Crippen MR) is 123 cm³/mol. The smallest absolute Gasteiger partial charge is 0.361 e. The number of aliphatic carboxylic acids is 6. The van der Waals surface area contributed by atoms with Crippen LogP contribution in [0.15, 0.2) is 0 Å².